The number of hydrogen-bond acceptors (Lipinski definition) is 1. The van der Waals surface area contributed by atoms with Gasteiger partial charge in [-0.2, -0.15) is 13.2 Å². The number of rotatable bonds is 1. The van der Waals surface area contributed by atoms with E-state index in [9.17, 15) is 13.2 Å². The Hall–Kier alpha value is -0.740. The first kappa shape index (κ1) is 10.3. The van der Waals surface area contributed by atoms with Crippen molar-refractivity contribution in [1.29, 1.82) is 0 Å². The molecule has 0 fully saturated rings. The summed E-state index contributed by atoms with van der Waals surface area (Å²) in [6, 6.07) is 3.34. The fraction of sp³-hybridized carbons (Fsp3) is 0.250. The van der Waals surface area contributed by atoms with E-state index in [4.69, 9.17) is 17.3 Å². The molecule has 0 aliphatic carbocycles. The van der Waals surface area contributed by atoms with Gasteiger partial charge in [0.25, 0.3) is 0 Å². The Labute approximate surface area is 78.3 Å². The number of nitrogens with two attached hydrogens (primary N) is 1. The molecule has 72 valence electrons. The van der Waals surface area contributed by atoms with Crippen LogP contribution in [0.5, 0.6) is 0 Å². The largest absolute Gasteiger partial charge is 0.407 e. The van der Waals surface area contributed by atoms with Crippen LogP contribution >= 0.6 is 11.6 Å². The molecule has 0 bridgehead atoms. The predicted octanol–water partition coefficient (Wildman–Crippen LogP) is 2.90. The standard InChI is InChI=1S/C8H7ClF3N/c9-6-3-1-5(2-4-6)7(13)8(10,11)12/h1-4,7H,13H2. The SMILES string of the molecule is NC(c1ccc(Cl)cc1)C(F)(F)F. The highest BCUT2D eigenvalue weighted by molar-refractivity contribution is 6.30. The van der Waals surface area contributed by atoms with Crippen molar-refractivity contribution in [3.05, 3.63) is 34.9 Å². The minimum atomic E-state index is -4.41. The Morgan fingerprint density at radius 1 is 1.15 bits per heavy atom. The summed E-state index contributed by atoms with van der Waals surface area (Å²) in [5, 5.41) is 0.387. The van der Waals surface area contributed by atoms with Gasteiger partial charge in [0.05, 0.1) is 0 Å². The lowest BCUT2D eigenvalue weighted by atomic mass is 10.1. The van der Waals surface area contributed by atoms with E-state index in [1.165, 1.54) is 24.3 Å². The Morgan fingerprint density at radius 2 is 1.62 bits per heavy atom. The molecule has 0 aliphatic rings. The molecule has 0 amide bonds. The second kappa shape index (κ2) is 3.55. The highest BCUT2D eigenvalue weighted by Gasteiger charge is 2.37. The summed E-state index contributed by atoms with van der Waals surface area (Å²) in [4.78, 5) is 0. The predicted molar refractivity (Wildman–Crippen MR) is 44.4 cm³/mol. The van der Waals surface area contributed by atoms with Crippen LogP contribution in [-0.2, 0) is 0 Å². The summed E-state index contributed by atoms with van der Waals surface area (Å²) < 4.78 is 36.2. The van der Waals surface area contributed by atoms with E-state index >= 15 is 0 Å². The van der Waals surface area contributed by atoms with Crippen LogP contribution in [0.25, 0.3) is 0 Å². The molecular weight excluding hydrogens is 203 g/mol. The molecule has 5 heteroatoms. The van der Waals surface area contributed by atoms with Crippen LogP contribution in [-0.4, -0.2) is 6.18 Å². The van der Waals surface area contributed by atoms with Crippen molar-refractivity contribution in [3.8, 4) is 0 Å². The van der Waals surface area contributed by atoms with Crippen LogP contribution in [0.1, 0.15) is 11.6 Å². The van der Waals surface area contributed by atoms with Crippen LogP contribution in [0.15, 0.2) is 24.3 Å². The van der Waals surface area contributed by atoms with E-state index in [0.717, 1.165) is 0 Å². The lowest BCUT2D eigenvalue weighted by Gasteiger charge is -2.15. The molecule has 1 rings (SSSR count). The van der Waals surface area contributed by atoms with Gasteiger partial charge in [-0.15, -0.1) is 0 Å². The topological polar surface area (TPSA) is 26.0 Å². The monoisotopic (exact) mass is 209 g/mol. The Bertz CT molecular complexity index is 280. The molecule has 1 unspecified atom stereocenters. The fourth-order valence-electron chi connectivity index (χ4n) is 0.859. The van der Waals surface area contributed by atoms with Crippen LogP contribution in [0.4, 0.5) is 13.2 Å². The lowest BCUT2D eigenvalue weighted by Crippen LogP contribution is -2.28. The zero-order valence-corrected chi connectivity index (χ0v) is 7.23. The van der Waals surface area contributed by atoms with Gasteiger partial charge in [-0.3, -0.25) is 0 Å². The van der Waals surface area contributed by atoms with E-state index < -0.39 is 12.2 Å². The number of benzene rings is 1. The van der Waals surface area contributed by atoms with Gasteiger partial charge in [0.2, 0.25) is 0 Å². The molecule has 0 saturated carbocycles. The number of halogens is 4. The van der Waals surface area contributed by atoms with Crippen LogP contribution < -0.4 is 5.73 Å². The first-order valence-corrected chi connectivity index (χ1v) is 3.87. The molecule has 1 atom stereocenters. The van der Waals surface area contributed by atoms with E-state index in [1.54, 1.807) is 0 Å². The molecule has 1 nitrogen and oxygen atoms in total. The van der Waals surface area contributed by atoms with Gasteiger partial charge in [-0.05, 0) is 17.7 Å². The summed E-state index contributed by atoms with van der Waals surface area (Å²) in [7, 11) is 0. The van der Waals surface area contributed by atoms with Gasteiger partial charge in [0.1, 0.15) is 6.04 Å². The zero-order valence-electron chi connectivity index (χ0n) is 6.48. The number of alkyl halides is 3. The normalized spacial score (nSPS) is 14.2. The van der Waals surface area contributed by atoms with Crippen molar-refractivity contribution in [1.82, 2.24) is 0 Å². The second-order valence-corrected chi connectivity index (χ2v) is 3.01. The van der Waals surface area contributed by atoms with E-state index in [2.05, 4.69) is 0 Å². The third kappa shape index (κ3) is 2.60. The Morgan fingerprint density at radius 3 is 2.00 bits per heavy atom. The summed E-state index contributed by atoms with van der Waals surface area (Å²) in [5.74, 6) is 0. The van der Waals surface area contributed by atoms with Crippen molar-refractivity contribution in [2.24, 2.45) is 5.73 Å². The van der Waals surface area contributed by atoms with Crippen molar-refractivity contribution in [2.45, 2.75) is 12.2 Å². The second-order valence-electron chi connectivity index (χ2n) is 2.57. The maximum Gasteiger partial charge on any atom is 0.407 e. The maximum atomic E-state index is 12.1. The fourth-order valence-corrected chi connectivity index (χ4v) is 0.985. The molecule has 0 saturated heterocycles. The lowest BCUT2D eigenvalue weighted by molar-refractivity contribution is -0.149. The average Bonchev–Trinajstić information content (AvgIpc) is 2.03. The van der Waals surface area contributed by atoms with E-state index in [-0.39, 0.29) is 5.56 Å². The summed E-state index contributed by atoms with van der Waals surface area (Å²) in [6.07, 6.45) is -4.41. The van der Waals surface area contributed by atoms with Crippen LogP contribution in [0, 0.1) is 0 Å². The molecule has 0 spiro atoms. The third-order valence-corrected chi connectivity index (χ3v) is 1.83. The maximum absolute atomic E-state index is 12.1. The van der Waals surface area contributed by atoms with Gasteiger partial charge >= 0.3 is 6.18 Å². The van der Waals surface area contributed by atoms with Gasteiger partial charge in [-0.25, -0.2) is 0 Å². The summed E-state index contributed by atoms with van der Waals surface area (Å²) in [6.45, 7) is 0. The summed E-state index contributed by atoms with van der Waals surface area (Å²) in [5.41, 5.74) is 4.97. The molecule has 0 aliphatic heterocycles. The van der Waals surface area contributed by atoms with Crippen molar-refractivity contribution in [2.75, 3.05) is 0 Å². The van der Waals surface area contributed by atoms with E-state index in [0.29, 0.717) is 5.02 Å². The molecule has 2 N–H and O–H groups in total. The zero-order chi connectivity index (χ0) is 10.1. The molecule has 0 radical (unpaired) electrons. The highest BCUT2D eigenvalue weighted by Crippen LogP contribution is 2.30. The summed E-state index contributed by atoms with van der Waals surface area (Å²) >= 11 is 5.51. The average molecular weight is 210 g/mol. The molecule has 1 aromatic rings. The van der Waals surface area contributed by atoms with Crippen molar-refractivity contribution < 1.29 is 13.2 Å². The Kier molecular flexibility index (Phi) is 2.83. The van der Waals surface area contributed by atoms with Gasteiger partial charge in [0, 0.05) is 5.02 Å². The highest BCUT2D eigenvalue weighted by atomic mass is 35.5. The molecule has 0 heterocycles. The smallest absolute Gasteiger partial charge is 0.316 e. The van der Waals surface area contributed by atoms with Crippen LogP contribution in [0.3, 0.4) is 0 Å². The van der Waals surface area contributed by atoms with Crippen LogP contribution in [0.2, 0.25) is 5.02 Å². The quantitative estimate of drug-likeness (QED) is 0.756. The van der Waals surface area contributed by atoms with Gasteiger partial charge < -0.3 is 5.73 Å². The van der Waals surface area contributed by atoms with Gasteiger partial charge in [0.15, 0.2) is 0 Å². The molecular formula is C8H7ClF3N. The van der Waals surface area contributed by atoms with Crippen molar-refractivity contribution >= 4 is 11.6 Å². The molecule has 1 aromatic carbocycles. The minimum Gasteiger partial charge on any atom is -0.316 e. The van der Waals surface area contributed by atoms with Gasteiger partial charge in [-0.1, -0.05) is 23.7 Å². The first-order valence-electron chi connectivity index (χ1n) is 3.49. The number of hydrogen-bond donors (Lipinski definition) is 1. The molecule has 0 aromatic heterocycles. The first-order chi connectivity index (χ1) is 5.91. The van der Waals surface area contributed by atoms with Crippen molar-refractivity contribution in [3.63, 3.8) is 0 Å². The van der Waals surface area contributed by atoms with E-state index in [1.807, 2.05) is 0 Å². The Balaban J connectivity index is 2.90. The molecule has 13 heavy (non-hydrogen) atoms. The minimum absolute atomic E-state index is 0.0110. The third-order valence-electron chi connectivity index (χ3n) is 1.58.